The van der Waals surface area contributed by atoms with E-state index in [1.165, 1.54) is 6.21 Å². The van der Waals surface area contributed by atoms with E-state index < -0.39 is 12.1 Å². The molecule has 1 aromatic carbocycles. The van der Waals surface area contributed by atoms with E-state index in [0.717, 1.165) is 5.56 Å². The number of aliphatic imine (C=N–C) groups is 1. The molecule has 1 aromatic rings. The van der Waals surface area contributed by atoms with Gasteiger partial charge in [0.1, 0.15) is 6.61 Å². The van der Waals surface area contributed by atoms with Crippen LogP contribution in [0.5, 0.6) is 0 Å². The van der Waals surface area contributed by atoms with Crippen molar-refractivity contribution in [2.75, 3.05) is 7.05 Å². The highest BCUT2D eigenvalue weighted by molar-refractivity contribution is 5.73. The molecule has 0 bridgehead atoms. The van der Waals surface area contributed by atoms with Gasteiger partial charge in [0.05, 0.1) is 6.04 Å². The van der Waals surface area contributed by atoms with Crippen molar-refractivity contribution in [1.29, 1.82) is 0 Å². The number of hydrogen-bond acceptors (Lipinski definition) is 4. The predicted molar refractivity (Wildman–Crippen MR) is 64.1 cm³/mol. The fourth-order valence-electron chi connectivity index (χ4n) is 1.23. The molecule has 92 valence electrons. The molecule has 0 heterocycles. The highest BCUT2D eigenvalue weighted by Gasteiger charge is 2.17. The summed E-state index contributed by atoms with van der Waals surface area (Å²) in [6, 6.07) is 8.75. The van der Waals surface area contributed by atoms with Crippen LogP contribution in [0.3, 0.4) is 0 Å². The molecule has 1 amide bonds. The van der Waals surface area contributed by atoms with E-state index in [-0.39, 0.29) is 6.61 Å². The fourth-order valence-corrected chi connectivity index (χ4v) is 1.23. The van der Waals surface area contributed by atoms with Gasteiger partial charge in [-0.3, -0.25) is 10.2 Å². The molecule has 0 aromatic heterocycles. The third-order valence-corrected chi connectivity index (χ3v) is 2.14. The van der Waals surface area contributed by atoms with Gasteiger partial charge < -0.3 is 4.74 Å². The van der Waals surface area contributed by atoms with E-state index in [0.29, 0.717) is 5.06 Å². The topological polar surface area (TPSA) is 62.1 Å². The summed E-state index contributed by atoms with van der Waals surface area (Å²) in [4.78, 5) is 15.1. The van der Waals surface area contributed by atoms with Crippen molar-refractivity contribution in [2.24, 2.45) is 4.99 Å². The van der Waals surface area contributed by atoms with Gasteiger partial charge in [-0.25, -0.2) is 4.79 Å². The number of rotatable bonds is 4. The number of benzene rings is 1. The zero-order valence-corrected chi connectivity index (χ0v) is 9.91. The summed E-state index contributed by atoms with van der Waals surface area (Å²) in [5.74, 6) is 0. The number of hydrogen-bond donors (Lipinski definition) is 1. The Bertz CT molecular complexity index is 379. The second-order valence-corrected chi connectivity index (χ2v) is 3.53. The average molecular weight is 236 g/mol. The van der Waals surface area contributed by atoms with E-state index in [1.54, 1.807) is 14.0 Å². The zero-order valence-electron chi connectivity index (χ0n) is 9.91. The molecule has 1 rings (SSSR count). The summed E-state index contributed by atoms with van der Waals surface area (Å²) in [6.45, 7) is 1.77. The lowest BCUT2D eigenvalue weighted by Crippen LogP contribution is -2.37. The average Bonchev–Trinajstić information content (AvgIpc) is 2.36. The molecule has 0 aliphatic rings. The van der Waals surface area contributed by atoms with Crippen LogP contribution in [0.25, 0.3) is 0 Å². The Morgan fingerprint density at radius 2 is 2.18 bits per heavy atom. The maximum Gasteiger partial charge on any atom is 0.434 e. The summed E-state index contributed by atoms with van der Waals surface area (Å²) >= 11 is 0. The quantitative estimate of drug-likeness (QED) is 0.494. The summed E-state index contributed by atoms with van der Waals surface area (Å²) in [6.07, 6.45) is 0.658. The van der Waals surface area contributed by atoms with E-state index in [2.05, 4.69) is 4.99 Å². The number of hydroxylamine groups is 2. The third-order valence-electron chi connectivity index (χ3n) is 2.14. The van der Waals surface area contributed by atoms with Crippen LogP contribution in [0.1, 0.15) is 12.5 Å². The number of nitrogens with zero attached hydrogens (tertiary/aromatic N) is 2. The molecule has 1 atom stereocenters. The lowest BCUT2D eigenvalue weighted by molar-refractivity contribution is -0.0849. The van der Waals surface area contributed by atoms with Crippen LogP contribution in [-0.4, -0.2) is 35.7 Å². The maximum atomic E-state index is 11.4. The molecule has 0 aliphatic heterocycles. The van der Waals surface area contributed by atoms with E-state index in [4.69, 9.17) is 4.74 Å². The first-order valence-corrected chi connectivity index (χ1v) is 5.26. The maximum absolute atomic E-state index is 11.4. The van der Waals surface area contributed by atoms with Crippen molar-refractivity contribution in [3.05, 3.63) is 35.9 Å². The van der Waals surface area contributed by atoms with Crippen LogP contribution >= 0.6 is 0 Å². The Balaban J connectivity index is 2.44. The zero-order chi connectivity index (χ0) is 12.7. The van der Waals surface area contributed by atoms with Crippen LogP contribution in [0.15, 0.2) is 35.3 Å². The Kier molecular flexibility index (Phi) is 5.16. The van der Waals surface area contributed by atoms with Crippen LogP contribution < -0.4 is 0 Å². The molecule has 0 fully saturated rings. The van der Waals surface area contributed by atoms with Crippen molar-refractivity contribution < 1.29 is 14.7 Å². The van der Waals surface area contributed by atoms with Gasteiger partial charge in [-0.1, -0.05) is 30.3 Å². The molecule has 1 N–H and O–H groups in total. The molecule has 17 heavy (non-hydrogen) atoms. The lowest BCUT2D eigenvalue weighted by Gasteiger charge is -2.18. The van der Waals surface area contributed by atoms with Gasteiger partial charge in [0, 0.05) is 13.3 Å². The molecule has 0 saturated carbocycles. The highest BCUT2D eigenvalue weighted by atomic mass is 16.6. The summed E-state index contributed by atoms with van der Waals surface area (Å²) in [5, 5.41) is 9.97. The second-order valence-electron chi connectivity index (χ2n) is 3.53. The van der Waals surface area contributed by atoms with Gasteiger partial charge in [-0.05, 0) is 12.5 Å². The van der Waals surface area contributed by atoms with Crippen molar-refractivity contribution in [3.63, 3.8) is 0 Å². The Morgan fingerprint density at radius 3 is 2.76 bits per heavy atom. The molecule has 0 saturated heterocycles. The molecular formula is C12H16N2O3. The smallest absolute Gasteiger partial charge is 0.434 e. The minimum absolute atomic E-state index is 0.132. The van der Waals surface area contributed by atoms with E-state index >= 15 is 0 Å². The van der Waals surface area contributed by atoms with Crippen LogP contribution in [0.2, 0.25) is 0 Å². The molecule has 5 nitrogen and oxygen atoms in total. The lowest BCUT2D eigenvalue weighted by atomic mass is 10.2. The summed E-state index contributed by atoms with van der Waals surface area (Å²) in [7, 11) is 1.57. The van der Waals surface area contributed by atoms with Crippen LogP contribution in [-0.2, 0) is 11.3 Å². The molecule has 0 aliphatic carbocycles. The standard InChI is InChI=1S/C12H16N2O3/c1-10(8-13-2)14(16)12(15)17-9-11-6-4-3-5-7-11/h3-8,10,16H,9H2,1-2H3. The summed E-state index contributed by atoms with van der Waals surface area (Å²) < 4.78 is 4.93. The predicted octanol–water partition coefficient (Wildman–Crippen LogP) is 2.10. The molecule has 1 unspecified atom stereocenters. The van der Waals surface area contributed by atoms with Crippen LogP contribution in [0.4, 0.5) is 4.79 Å². The SMILES string of the molecule is CN=CC(C)N(O)C(=O)OCc1ccccc1. The number of ether oxygens (including phenoxy) is 1. The first-order chi connectivity index (χ1) is 8.15. The molecule has 5 heteroatoms. The Hall–Kier alpha value is -1.88. The van der Waals surface area contributed by atoms with Gasteiger partial charge in [-0.2, -0.15) is 5.06 Å². The second kappa shape index (κ2) is 6.65. The number of amides is 1. The molecule has 0 radical (unpaired) electrons. The van der Waals surface area contributed by atoms with Gasteiger partial charge in [0.15, 0.2) is 0 Å². The first-order valence-electron chi connectivity index (χ1n) is 5.26. The molecule has 0 spiro atoms. The van der Waals surface area contributed by atoms with E-state index in [1.807, 2.05) is 30.3 Å². The molecular weight excluding hydrogens is 220 g/mol. The van der Waals surface area contributed by atoms with Gasteiger partial charge in [0.25, 0.3) is 0 Å². The normalized spacial score (nSPS) is 12.4. The Labute approximate surface area is 100 Å². The van der Waals surface area contributed by atoms with E-state index in [9.17, 15) is 10.0 Å². The summed E-state index contributed by atoms with van der Waals surface area (Å²) in [5.41, 5.74) is 0.867. The van der Waals surface area contributed by atoms with Crippen LogP contribution in [0, 0.1) is 0 Å². The van der Waals surface area contributed by atoms with Gasteiger partial charge in [0.2, 0.25) is 0 Å². The van der Waals surface area contributed by atoms with Crippen molar-refractivity contribution >= 4 is 12.3 Å². The minimum atomic E-state index is -0.791. The van der Waals surface area contributed by atoms with Gasteiger partial charge in [-0.15, -0.1) is 0 Å². The van der Waals surface area contributed by atoms with Gasteiger partial charge >= 0.3 is 6.09 Å². The minimum Gasteiger partial charge on any atom is -0.443 e. The Morgan fingerprint density at radius 1 is 1.53 bits per heavy atom. The monoisotopic (exact) mass is 236 g/mol. The fraction of sp³-hybridized carbons (Fsp3) is 0.333. The first kappa shape index (κ1) is 13.2. The third kappa shape index (κ3) is 4.24. The highest BCUT2D eigenvalue weighted by Crippen LogP contribution is 2.03. The van der Waals surface area contributed by atoms with Crippen molar-refractivity contribution in [2.45, 2.75) is 19.6 Å². The van der Waals surface area contributed by atoms with Crippen molar-refractivity contribution in [1.82, 2.24) is 5.06 Å². The largest absolute Gasteiger partial charge is 0.443 e. The van der Waals surface area contributed by atoms with Crippen molar-refractivity contribution in [3.8, 4) is 0 Å². The number of carbonyl (C=O) groups is 1. The number of carbonyl (C=O) groups excluding carboxylic acids is 1.